The summed E-state index contributed by atoms with van der Waals surface area (Å²) in [5.74, 6) is -0.328. The van der Waals surface area contributed by atoms with Gasteiger partial charge in [0.25, 0.3) is 11.5 Å². The van der Waals surface area contributed by atoms with Crippen molar-refractivity contribution in [2.75, 3.05) is 33.4 Å². The van der Waals surface area contributed by atoms with E-state index in [1.807, 2.05) is 0 Å². The molecule has 0 radical (unpaired) electrons. The summed E-state index contributed by atoms with van der Waals surface area (Å²) in [5, 5.41) is 6.20. The highest BCUT2D eigenvalue weighted by molar-refractivity contribution is 5.93. The molecule has 0 unspecified atom stereocenters. The van der Waals surface area contributed by atoms with Crippen LogP contribution >= 0.6 is 12.4 Å². The Morgan fingerprint density at radius 1 is 1.36 bits per heavy atom. The number of hydrogen-bond acceptors (Lipinski definition) is 4. The summed E-state index contributed by atoms with van der Waals surface area (Å²) in [6, 6.07) is 3.29. The molecule has 0 aliphatic carbocycles. The van der Waals surface area contributed by atoms with Crippen molar-refractivity contribution in [2.45, 2.75) is 19.8 Å². The van der Waals surface area contributed by atoms with Gasteiger partial charge in [-0.25, -0.2) is 0 Å². The molecule has 1 aromatic rings. The molecule has 0 bridgehead atoms. The summed E-state index contributed by atoms with van der Waals surface area (Å²) in [7, 11) is 1.68. The van der Waals surface area contributed by atoms with E-state index in [0.29, 0.717) is 13.2 Å². The van der Waals surface area contributed by atoms with Gasteiger partial charge in [-0.15, -0.1) is 12.4 Å². The SMILES string of the molecule is COCC1(CNC(=O)c2ccc(C)[nH]c2=O)CCNCC1.Cl. The lowest BCUT2D eigenvalue weighted by atomic mass is 9.79. The van der Waals surface area contributed by atoms with Crippen molar-refractivity contribution in [3.8, 4) is 0 Å². The van der Waals surface area contributed by atoms with E-state index < -0.39 is 0 Å². The van der Waals surface area contributed by atoms with Gasteiger partial charge in [0.1, 0.15) is 5.56 Å². The van der Waals surface area contributed by atoms with Gasteiger partial charge in [-0.3, -0.25) is 9.59 Å². The number of hydrogen-bond donors (Lipinski definition) is 3. The smallest absolute Gasteiger partial charge is 0.260 e. The molecule has 1 amide bonds. The molecule has 0 aromatic carbocycles. The summed E-state index contributed by atoms with van der Waals surface area (Å²) in [6.45, 7) is 4.76. The summed E-state index contributed by atoms with van der Waals surface area (Å²) >= 11 is 0. The molecule has 1 saturated heterocycles. The fraction of sp³-hybridized carbons (Fsp3) is 0.600. The Labute approximate surface area is 136 Å². The highest BCUT2D eigenvalue weighted by Crippen LogP contribution is 2.28. The highest BCUT2D eigenvalue weighted by Gasteiger charge is 2.32. The quantitative estimate of drug-likeness (QED) is 0.748. The van der Waals surface area contributed by atoms with Crippen LogP contribution in [0.4, 0.5) is 0 Å². The zero-order valence-electron chi connectivity index (χ0n) is 13.0. The molecule has 1 aliphatic heterocycles. The maximum Gasteiger partial charge on any atom is 0.260 e. The molecule has 124 valence electrons. The molecule has 22 heavy (non-hydrogen) atoms. The summed E-state index contributed by atoms with van der Waals surface area (Å²) in [5.41, 5.74) is 0.499. The maximum atomic E-state index is 12.2. The van der Waals surface area contributed by atoms with Crippen LogP contribution in [0.25, 0.3) is 0 Å². The van der Waals surface area contributed by atoms with E-state index in [4.69, 9.17) is 4.74 Å². The van der Waals surface area contributed by atoms with Crippen molar-refractivity contribution in [3.63, 3.8) is 0 Å². The number of rotatable bonds is 5. The number of nitrogens with one attached hydrogen (secondary N) is 3. The number of aryl methyl sites for hydroxylation is 1. The van der Waals surface area contributed by atoms with Gasteiger partial charge >= 0.3 is 0 Å². The molecule has 1 fully saturated rings. The Kier molecular flexibility index (Phi) is 7.06. The van der Waals surface area contributed by atoms with Gasteiger partial charge in [0.05, 0.1) is 6.61 Å². The predicted octanol–water partition coefficient (Wildman–Crippen LogP) is 0.851. The normalized spacial score (nSPS) is 16.6. The predicted molar refractivity (Wildman–Crippen MR) is 87.8 cm³/mol. The number of piperidine rings is 1. The number of H-pyrrole nitrogens is 1. The van der Waals surface area contributed by atoms with Crippen molar-refractivity contribution in [1.82, 2.24) is 15.6 Å². The lowest BCUT2D eigenvalue weighted by Crippen LogP contribution is -2.47. The van der Waals surface area contributed by atoms with Gasteiger partial charge in [-0.1, -0.05) is 0 Å². The Morgan fingerprint density at radius 2 is 2.05 bits per heavy atom. The first kappa shape index (κ1) is 18.7. The van der Waals surface area contributed by atoms with E-state index in [0.717, 1.165) is 31.6 Å². The Hall–Kier alpha value is -1.37. The number of aromatic nitrogens is 1. The Balaban J connectivity index is 0.00000242. The highest BCUT2D eigenvalue weighted by atomic mass is 35.5. The minimum absolute atomic E-state index is 0. The fourth-order valence-electron chi connectivity index (χ4n) is 2.75. The van der Waals surface area contributed by atoms with Crippen molar-refractivity contribution >= 4 is 18.3 Å². The lowest BCUT2D eigenvalue weighted by molar-refractivity contribution is 0.0511. The first-order valence-corrected chi connectivity index (χ1v) is 7.24. The molecule has 2 heterocycles. The second kappa shape index (κ2) is 8.31. The molecule has 2 rings (SSSR count). The van der Waals surface area contributed by atoms with Crippen molar-refractivity contribution in [1.29, 1.82) is 0 Å². The third kappa shape index (κ3) is 4.56. The summed E-state index contributed by atoms with van der Waals surface area (Å²) < 4.78 is 5.32. The fourth-order valence-corrected chi connectivity index (χ4v) is 2.75. The minimum atomic E-state index is -0.349. The first-order valence-electron chi connectivity index (χ1n) is 7.24. The third-order valence-corrected chi connectivity index (χ3v) is 4.04. The monoisotopic (exact) mass is 329 g/mol. The van der Waals surface area contributed by atoms with Crippen molar-refractivity contribution in [3.05, 3.63) is 33.7 Å². The van der Waals surface area contributed by atoms with Crippen LogP contribution in [-0.2, 0) is 4.74 Å². The number of carbonyl (C=O) groups excluding carboxylic acids is 1. The van der Waals surface area contributed by atoms with Crippen LogP contribution in [0.15, 0.2) is 16.9 Å². The maximum absolute atomic E-state index is 12.2. The van der Waals surface area contributed by atoms with Gasteiger partial charge < -0.3 is 20.4 Å². The van der Waals surface area contributed by atoms with E-state index >= 15 is 0 Å². The van der Waals surface area contributed by atoms with E-state index in [9.17, 15) is 9.59 Å². The van der Waals surface area contributed by atoms with Crippen molar-refractivity contribution in [2.24, 2.45) is 5.41 Å². The number of halogens is 1. The number of carbonyl (C=O) groups is 1. The average Bonchev–Trinajstić information content (AvgIpc) is 2.46. The second-order valence-corrected chi connectivity index (χ2v) is 5.75. The number of aromatic amines is 1. The molecule has 1 aromatic heterocycles. The van der Waals surface area contributed by atoms with Crippen molar-refractivity contribution < 1.29 is 9.53 Å². The lowest BCUT2D eigenvalue weighted by Gasteiger charge is -2.37. The largest absolute Gasteiger partial charge is 0.384 e. The molecule has 7 heteroatoms. The van der Waals surface area contributed by atoms with E-state index in [1.165, 1.54) is 0 Å². The minimum Gasteiger partial charge on any atom is -0.384 e. The van der Waals surface area contributed by atoms with Crippen LogP contribution in [0, 0.1) is 12.3 Å². The van der Waals surface area contributed by atoms with E-state index in [2.05, 4.69) is 15.6 Å². The molecular formula is C15H24ClN3O3. The molecule has 0 atom stereocenters. The van der Waals surface area contributed by atoms with E-state index in [-0.39, 0.29) is 34.9 Å². The standard InChI is InChI=1S/C15H23N3O3.ClH/c1-11-3-4-12(14(20)18-11)13(19)17-9-15(10-21-2)5-7-16-8-6-15;/h3-4,16H,5-10H2,1-2H3,(H,17,19)(H,18,20);1H. The Bertz CT molecular complexity index is 548. The van der Waals surface area contributed by atoms with Crippen LogP contribution < -0.4 is 16.2 Å². The van der Waals surface area contributed by atoms with E-state index in [1.54, 1.807) is 26.2 Å². The summed E-state index contributed by atoms with van der Waals surface area (Å²) in [6.07, 6.45) is 1.90. The number of pyridine rings is 1. The van der Waals surface area contributed by atoms with Crippen LogP contribution in [0.2, 0.25) is 0 Å². The molecule has 0 spiro atoms. The van der Waals surface area contributed by atoms with Gasteiger partial charge in [-0.2, -0.15) is 0 Å². The first-order chi connectivity index (χ1) is 10.1. The second-order valence-electron chi connectivity index (χ2n) is 5.75. The van der Waals surface area contributed by atoms with Gasteiger partial charge in [0.15, 0.2) is 0 Å². The van der Waals surface area contributed by atoms with Gasteiger partial charge in [0.2, 0.25) is 0 Å². The molecule has 0 saturated carbocycles. The molecule has 3 N–H and O–H groups in total. The zero-order valence-corrected chi connectivity index (χ0v) is 13.8. The van der Waals surface area contributed by atoms with Crippen LogP contribution in [0.5, 0.6) is 0 Å². The van der Waals surface area contributed by atoms with Crippen LogP contribution in [-0.4, -0.2) is 44.2 Å². The number of methoxy groups -OCH3 is 1. The molecule has 1 aliphatic rings. The number of ether oxygens (including phenoxy) is 1. The third-order valence-electron chi connectivity index (χ3n) is 4.04. The van der Waals surface area contributed by atoms with Crippen LogP contribution in [0.1, 0.15) is 28.9 Å². The summed E-state index contributed by atoms with van der Waals surface area (Å²) in [4.78, 5) is 26.6. The molecular weight excluding hydrogens is 306 g/mol. The molecule has 6 nitrogen and oxygen atoms in total. The topological polar surface area (TPSA) is 83.2 Å². The average molecular weight is 330 g/mol. The zero-order chi connectivity index (χ0) is 15.3. The Morgan fingerprint density at radius 3 is 2.64 bits per heavy atom. The van der Waals surface area contributed by atoms with Gasteiger partial charge in [0, 0.05) is 24.8 Å². The number of amides is 1. The van der Waals surface area contributed by atoms with Gasteiger partial charge in [-0.05, 0) is 45.0 Å². The van der Waals surface area contributed by atoms with Crippen LogP contribution in [0.3, 0.4) is 0 Å².